The molecule has 4 aromatic rings. The van der Waals surface area contributed by atoms with Gasteiger partial charge in [-0.25, -0.2) is 0 Å². The lowest BCUT2D eigenvalue weighted by Crippen LogP contribution is -3.00. The molecule has 1 saturated carbocycles. The molecule has 2 N–H and O–H groups in total. The Kier molecular flexibility index (Phi) is 5.71. The molecule has 0 unspecified atom stereocenters. The molecule has 10 rings (SSSR count). The van der Waals surface area contributed by atoms with E-state index >= 15 is 0 Å². The van der Waals surface area contributed by atoms with Gasteiger partial charge in [-0.05, 0) is 68.0 Å². The number of pyridine rings is 1. The zero-order valence-electron chi connectivity index (χ0n) is 25.4. The third kappa shape index (κ3) is 3.16. The van der Waals surface area contributed by atoms with Crippen LogP contribution in [0.4, 0.5) is 5.69 Å². The number of aliphatic hydroxyl groups excluding tert-OH is 1. The highest BCUT2D eigenvalue weighted by atomic mass is 35.5. The number of anilines is 1. The molecular weight excluding hydrogens is 564 g/mol. The van der Waals surface area contributed by atoms with Crippen LogP contribution in [0.2, 0.25) is 0 Å². The Balaban J connectivity index is 0.00000270. The molecule has 2 saturated heterocycles. The van der Waals surface area contributed by atoms with E-state index in [-0.39, 0.29) is 29.7 Å². The maximum atomic E-state index is 12.7. The number of hydrogen-bond acceptors (Lipinski definition) is 3. The van der Waals surface area contributed by atoms with Gasteiger partial charge in [-0.2, -0.15) is 4.57 Å². The molecule has 1 aliphatic carbocycles. The summed E-state index contributed by atoms with van der Waals surface area (Å²) >= 11 is 0. The van der Waals surface area contributed by atoms with Gasteiger partial charge in [0.2, 0.25) is 5.69 Å². The quantitative estimate of drug-likeness (QED) is 0.260. The number of rotatable bonds is 1. The molecule has 5 aliphatic heterocycles. The van der Waals surface area contributed by atoms with Gasteiger partial charge >= 0.3 is 0 Å². The van der Waals surface area contributed by atoms with Gasteiger partial charge in [-0.3, -0.25) is 4.90 Å². The van der Waals surface area contributed by atoms with Crippen LogP contribution in [-0.2, 0) is 18.4 Å². The van der Waals surface area contributed by atoms with E-state index in [1.807, 2.05) is 0 Å². The molecule has 44 heavy (non-hydrogen) atoms. The van der Waals surface area contributed by atoms with Gasteiger partial charge in [0.15, 0.2) is 12.7 Å². The summed E-state index contributed by atoms with van der Waals surface area (Å²) in [5.74, 6) is 0.806. The molecule has 2 aromatic heterocycles. The monoisotopic (exact) mass is 602 g/mol. The summed E-state index contributed by atoms with van der Waals surface area (Å²) in [4.78, 5) is 9.20. The number of H-pyrrole nitrogens is 1. The Morgan fingerprint density at radius 2 is 1.82 bits per heavy atom. The molecule has 6 heteroatoms. The van der Waals surface area contributed by atoms with Crippen LogP contribution in [0.15, 0.2) is 95.9 Å². The van der Waals surface area contributed by atoms with E-state index < -0.39 is 6.10 Å². The van der Waals surface area contributed by atoms with Gasteiger partial charge in [0, 0.05) is 70.5 Å². The smallest absolute Gasteiger partial charge is 0.206 e. The van der Waals surface area contributed by atoms with Crippen LogP contribution in [0.1, 0.15) is 37.9 Å². The number of nitrogens with one attached hydrogen (secondary N) is 1. The minimum Gasteiger partial charge on any atom is -1.00 e. The van der Waals surface area contributed by atoms with Crippen LogP contribution < -0.4 is 21.9 Å². The fourth-order valence-electron chi connectivity index (χ4n) is 10.9. The van der Waals surface area contributed by atoms with Crippen molar-refractivity contribution in [3.63, 3.8) is 0 Å². The predicted octanol–water partition coefficient (Wildman–Crippen LogP) is 2.79. The first-order valence-electron chi connectivity index (χ1n) is 16.4. The van der Waals surface area contributed by atoms with Crippen molar-refractivity contribution in [2.45, 2.75) is 63.3 Å². The molecule has 5 nitrogen and oxygen atoms in total. The van der Waals surface area contributed by atoms with E-state index in [9.17, 15) is 5.11 Å². The van der Waals surface area contributed by atoms with E-state index in [2.05, 4.69) is 112 Å². The molecule has 0 amide bonds. The molecule has 224 valence electrons. The third-order valence-corrected chi connectivity index (χ3v) is 12.7. The number of nitrogens with zero attached hydrogens (tertiary/aromatic N) is 3. The highest BCUT2D eigenvalue weighted by molar-refractivity contribution is 6.07. The van der Waals surface area contributed by atoms with Crippen molar-refractivity contribution in [3.05, 3.63) is 107 Å². The first kappa shape index (κ1) is 27.0. The van der Waals surface area contributed by atoms with Gasteiger partial charge in [0.1, 0.15) is 5.52 Å². The lowest BCUT2D eigenvalue weighted by molar-refractivity contribution is -0.699. The van der Waals surface area contributed by atoms with Crippen molar-refractivity contribution >= 4 is 27.5 Å². The molecule has 2 bridgehead atoms. The van der Waals surface area contributed by atoms with Crippen molar-refractivity contribution in [2.24, 2.45) is 17.8 Å². The minimum atomic E-state index is -0.450. The largest absolute Gasteiger partial charge is 1.00 e. The summed E-state index contributed by atoms with van der Waals surface area (Å²) < 4.78 is 2.43. The second-order valence-electron chi connectivity index (χ2n) is 14.0. The van der Waals surface area contributed by atoms with Crippen molar-refractivity contribution in [2.75, 3.05) is 18.0 Å². The van der Waals surface area contributed by atoms with Crippen LogP contribution >= 0.6 is 0 Å². The van der Waals surface area contributed by atoms with E-state index in [1.54, 1.807) is 5.57 Å². The fraction of sp³-hybridized carbons (Fsp3) is 0.395. The second kappa shape index (κ2) is 9.32. The Morgan fingerprint density at radius 1 is 1.00 bits per heavy atom. The van der Waals surface area contributed by atoms with Crippen LogP contribution in [0.25, 0.3) is 21.8 Å². The molecule has 2 aromatic carbocycles. The average Bonchev–Trinajstić information content (AvgIpc) is 3.72. The average molecular weight is 603 g/mol. The lowest BCUT2D eigenvalue weighted by atomic mass is 9.53. The second-order valence-corrected chi connectivity index (χ2v) is 14.0. The lowest BCUT2D eigenvalue weighted by Gasteiger charge is -2.59. The minimum absolute atomic E-state index is 0. The first-order chi connectivity index (χ1) is 21.1. The van der Waals surface area contributed by atoms with Gasteiger partial charge in [0.05, 0.1) is 12.1 Å². The summed E-state index contributed by atoms with van der Waals surface area (Å²) in [7, 11) is 0. The number of aromatic amines is 1. The summed E-state index contributed by atoms with van der Waals surface area (Å²) in [6.07, 6.45) is 12.2. The number of hydrogen-bond donors (Lipinski definition) is 2. The van der Waals surface area contributed by atoms with Crippen molar-refractivity contribution < 1.29 is 22.1 Å². The van der Waals surface area contributed by atoms with Crippen molar-refractivity contribution in [1.29, 1.82) is 0 Å². The summed E-state index contributed by atoms with van der Waals surface area (Å²) in [5.41, 5.74) is 11.0. The fourth-order valence-corrected chi connectivity index (χ4v) is 10.9. The van der Waals surface area contributed by atoms with Crippen LogP contribution in [0.3, 0.4) is 0 Å². The van der Waals surface area contributed by atoms with Crippen LogP contribution in [0, 0.1) is 17.8 Å². The SMILES string of the molecule is C/C=C1/C[n+]2ccc3c([nH]c4ccccc43)c2C[C@@H]1C1=CN2c3ccccc3[C@]34CCN5C/C(=C/C)[C@H](C[C@H]53)[C@@H]([C@@H]1O)[C@H]24.[Cl-]. The van der Waals surface area contributed by atoms with Crippen molar-refractivity contribution in [1.82, 2.24) is 9.88 Å². The Morgan fingerprint density at radius 3 is 2.68 bits per heavy atom. The van der Waals surface area contributed by atoms with Crippen LogP contribution in [-0.4, -0.2) is 46.3 Å². The third-order valence-electron chi connectivity index (χ3n) is 12.7. The first-order valence-corrected chi connectivity index (χ1v) is 16.4. The maximum Gasteiger partial charge on any atom is 0.206 e. The number of para-hydroxylation sites is 2. The Hall–Kier alpha value is -3.38. The molecule has 7 atom stereocenters. The molecule has 7 heterocycles. The molecule has 6 aliphatic rings. The zero-order valence-corrected chi connectivity index (χ0v) is 26.1. The summed E-state index contributed by atoms with van der Waals surface area (Å²) in [5, 5.41) is 15.3. The number of allylic oxidation sites excluding steroid dienone is 3. The van der Waals surface area contributed by atoms with Crippen molar-refractivity contribution in [3.8, 4) is 0 Å². The van der Waals surface area contributed by atoms with E-state index in [1.165, 1.54) is 62.7 Å². The number of halogens is 1. The standard InChI is InChI=1S/C38H38N4O.ClH/c1-3-22-19-40-15-13-25-24-9-5-7-11-30(24)39-35(25)32(40)17-26(22)28-21-42-31-12-8-6-10-29(31)38-14-16-41-20-23(4-2)27(18-33(38)41)34(36(28)43)37(38)42;/h3-13,15,21,26-27,33-34,36-37,43H,14,16-20H2,1-2H3;1H/b22-3-,23-4-;/t26-,27-,33-,34-,36+,37-,38+;/m0./s1. The maximum absolute atomic E-state index is 12.7. The zero-order chi connectivity index (χ0) is 28.6. The van der Waals surface area contributed by atoms with E-state index in [0.29, 0.717) is 18.0 Å². The number of fused-ring (bicyclic) bond motifs is 9. The summed E-state index contributed by atoms with van der Waals surface area (Å²) in [6, 6.07) is 21.0. The van der Waals surface area contributed by atoms with E-state index in [0.717, 1.165) is 26.1 Å². The highest BCUT2D eigenvalue weighted by Gasteiger charge is 2.69. The van der Waals surface area contributed by atoms with Crippen LogP contribution in [0.5, 0.6) is 0 Å². The molecule has 1 spiro atoms. The van der Waals surface area contributed by atoms with Gasteiger partial charge < -0.3 is 27.4 Å². The number of aliphatic hydroxyl groups is 1. The van der Waals surface area contributed by atoms with Gasteiger partial charge in [-0.15, -0.1) is 0 Å². The highest BCUT2D eigenvalue weighted by Crippen LogP contribution is 2.65. The predicted molar refractivity (Wildman–Crippen MR) is 171 cm³/mol. The normalized spacial score (nSPS) is 35.1. The Labute approximate surface area is 265 Å². The summed E-state index contributed by atoms with van der Waals surface area (Å²) in [6.45, 7) is 7.50. The molecule has 0 radical (unpaired) electrons. The Bertz CT molecular complexity index is 1950. The van der Waals surface area contributed by atoms with Gasteiger partial charge in [-0.1, -0.05) is 54.1 Å². The van der Waals surface area contributed by atoms with Gasteiger partial charge in [0.25, 0.3) is 0 Å². The number of aromatic nitrogens is 2. The molecule has 3 fully saturated rings. The topological polar surface area (TPSA) is 46.4 Å². The van der Waals surface area contributed by atoms with E-state index in [4.69, 9.17) is 0 Å². The number of piperidine rings is 1. The number of benzene rings is 2. The molecular formula is C38H39ClN4O.